The van der Waals surface area contributed by atoms with Gasteiger partial charge < -0.3 is 0 Å². The fourth-order valence-corrected chi connectivity index (χ4v) is 10.5. The van der Waals surface area contributed by atoms with Crippen LogP contribution in [0.5, 0.6) is 0 Å². The van der Waals surface area contributed by atoms with Crippen LogP contribution in [0.4, 0.5) is 0 Å². The molecule has 10 rings (SSSR count). The van der Waals surface area contributed by atoms with Gasteiger partial charge in [-0.15, -0.1) is 46.2 Å². The molecule has 0 amide bonds. The summed E-state index contributed by atoms with van der Waals surface area (Å²) < 4.78 is 4.87. The zero-order chi connectivity index (χ0) is 45.2. The van der Waals surface area contributed by atoms with Crippen LogP contribution in [0, 0.1) is 6.08 Å². The second-order valence-corrected chi connectivity index (χ2v) is 21.0. The molecule has 0 atom stereocenters. The van der Waals surface area contributed by atoms with Crippen molar-refractivity contribution in [3.05, 3.63) is 247 Å². The van der Waals surface area contributed by atoms with E-state index in [4.69, 9.17) is 0 Å². The molecule has 0 heterocycles. The van der Waals surface area contributed by atoms with Gasteiger partial charge in [0.2, 0.25) is 0 Å². The summed E-state index contributed by atoms with van der Waals surface area (Å²) in [6.45, 7) is 13.9. The third-order valence-electron chi connectivity index (χ3n) is 11.9. The van der Waals surface area contributed by atoms with Crippen molar-refractivity contribution < 1.29 is 22.3 Å². The van der Waals surface area contributed by atoms with Gasteiger partial charge in [0, 0.05) is 0 Å². The standard InChI is InChI=1S/C33H33.2C13H10.C5H5.Zr/c1-32(2,3)30-20-26-24(18-28(30)22-13-9-7-10-14-22)17-25-19-29(23-15-11-8-12-16-23)31(21-27(25)26)33(4,5)6;2*1-11-7-9-13(10-8-11)12-5-3-2-4-6-12;1-2-4-5-3-1;/h7-21H,1-6H3;2*1-10H;1-3H,4H2;/q-1;;;-1;. The summed E-state index contributed by atoms with van der Waals surface area (Å²) in [4.78, 5) is 0. The second-order valence-electron chi connectivity index (χ2n) is 18.8. The van der Waals surface area contributed by atoms with Crippen molar-refractivity contribution in [2.75, 3.05) is 0 Å². The van der Waals surface area contributed by atoms with Gasteiger partial charge in [0.05, 0.1) is 0 Å². The zero-order valence-electron chi connectivity index (χ0n) is 38.6. The topological polar surface area (TPSA) is 0 Å². The van der Waals surface area contributed by atoms with Gasteiger partial charge in [0.1, 0.15) is 0 Å². The quantitative estimate of drug-likeness (QED) is 0.146. The van der Waals surface area contributed by atoms with Gasteiger partial charge in [-0.2, -0.15) is 6.08 Å². The molecule has 1 aliphatic carbocycles. The predicted molar refractivity (Wildman–Crippen MR) is 281 cm³/mol. The van der Waals surface area contributed by atoms with Gasteiger partial charge in [-0.05, 0) is 44.2 Å². The van der Waals surface area contributed by atoms with E-state index in [9.17, 15) is 0 Å². The molecule has 320 valence electrons. The zero-order valence-corrected chi connectivity index (χ0v) is 41.1. The molecule has 0 saturated carbocycles. The van der Waals surface area contributed by atoms with Crippen molar-refractivity contribution in [2.24, 2.45) is 0 Å². The molecular weight excluding hydrogens is 860 g/mol. The molecule has 0 saturated heterocycles. The number of hydrogen-bond donors (Lipinski definition) is 0. The van der Waals surface area contributed by atoms with E-state index in [0.29, 0.717) is 0 Å². The second kappa shape index (κ2) is 20.7. The summed E-state index contributed by atoms with van der Waals surface area (Å²) >= 11 is -0.679. The Morgan fingerprint density at radius 3 is 1.09 bits per heavy atom. The third-order valence-corrected chi connectivity index (χ3v) is 14.3. The molecule has 0 fully saturated rings. The first-order chi connectivity index (χ1) is 31.5. The summed E-state index contributed by atoms with van der Waals surface area (Å²) in [5, 5.41) is 5.36. The van der Waals surface area contributed by atoms with Crippen molar-refractivity contribution in [2.45, 2.75) is 58.8 Å². The minimum absolute atomic E-state index is 0.0554. The normalized spacial score (nSPS) is 11.9. The van der Waals surface area contributed by atoms with E-state index in [2.05, 4.69) is 261 Å². The van der Waals surface area contributed by atoms with Crippen molar-refractivity contribution in [3.63, 3.8) is 0 Å². The maximum atomic E-state index is 2.99. The first-order valence-electron chi connectivity index (χ1n) is 22.8. The summed E-state index contributed by atoms with van der Waals surface area (Å²) in [6, 6.07) is 72.6. The molecule has 0 N–H and O–H groups in total. The molecule has 0 spiro atoms. The molecule has 9 aromatic carbocycles. The number of allylic oxidation sites excluding steroid dienone is 4. The Balaban J connectivity index is 0.000000162. The summed E-state index contributed by atoms with van der Waals surface area (Å²) in [7, 11) is 0. The fourth-order valence-electron chi connectivity index (χ4n) is 8.44. The Morgan fingerprint density at radius 2 is 0.785 bits per heavy atom. The van der Waals surface area contributed by atoms with Gasteiger partial charge in [0.25, 0.3) is 0 Å². The monoisotopic (exact) mass is 916 g/mol. The number of benzene rings is 8. The minimum atomic E-state index is -0.679. The van der Waals surface area contributed by atoms with Gasteiger partial charge >= 0.3 is 172 Å². The van der Waals surface area contributed by atoms with Crippen LogP contribution in [0.25, 0.3) is 66.1 Å². The Labute approximate surface area is 398 Å². The third kappa shape index (κ3) is 11.5. The average molecular weight is 918 g/mol. The van der Waals surface area contributed by atoms with E-state index in [-0.39, 0.29) is 10.8 Å². The Hall–Kier alpha value is -6.27. The molecule has 0 bridgehead atoms. The van der Waals surface area contributed by atoms with E-state index in [1.807, 2.05) is 12.2 Å². The molecule has 0 aromatic heterocycles. The molecule has 1 heteroatoms. The van der Waals surface area contributed by atoms with Crippen LogP contribution in [0.3, 0.4) is 0 Å². The summed E-state index contributed by atoms with van der Waals surface area (Å²) in [5.74, 6) is 0. The van der Waals surface area contributed by atoms with Gasteiger partial charge in [-0.3, -0.25) is 6.08 Å². The van der Waals surface area contributed by atoms with Crippen LogP contribution in [0.1, 0.15) is 70.2 Å². The van der Waals surface area contributed by atoms with E-state index >= 15 is 0 Å². The van der Waals surface area contributed by atoms with Crippen molar-refractivity contribution in [3.8, 4) is 44.5 Å². The molecule has 65 heavy (non-hydrogen) atoms. The van der Waals surface area contributed by atoms with Gasteiger partial charge in [-0.1, -0.05) is 114 Å². The summed E-state index contributed by atoms with van der Waals surface area (Å²) in [5.41, 5.74) is 15.9. The van der Waals surface area contributed by atoms with Gasteiger partial charge in [-0.25, -0.2) is 12.2 Å². The number of hydrogen-bond acceptors (Lipinski definition) is 0. The van der Waals surface area contributed by atoms with E-state index in [1.165, 1.54) is 88.3 Å². The van der Waals surface area contributed by atoms with Crippen LogP contribution in [-0.2, 0) is 33.1 Å². The number of rotatable bonds is 6. The van der Waals surface area contributed by atoms with E-state index < -0.39 is 22.3 Å². The SMILES string of the molecule is CC(C)(C)c1cc2c(cc1-c1ccccc1)[cH-]c1cc(-c3ccccc3)c(C(C)(C)C)cc12.[C-]1=CC=CC1.[CH](=[Zr]=[CH]c1ccc(-c2ccccc2)cc1)c1ccc(-c2ccccc2)cc1. The van der Waals surface area contributed by atoms with E-state index in [1.54, 1.807) is 0 Å². The van der Waals surface area contributed by atoms with Crippen molar-refractivity contribution >= 4 is 29.0 Å². The first kappa shape index (κ1) is 45.3. The van der Waals surface area contributed by atoms with Crippen molar-refractivity contribution in [1.82, 2.24) is 0 Å². The van der Waals surface area contributed by atoms with Crippen LogP contribution in [-0.4, -0.2) is 7.42 Å². The Bertz CT molecular complexity index is 2880. The van der Waals surface area contributed by atoms with E-state index in [0.717, 1.165) is 6.42 Å². The molecule has 9 aromatic rings. The van der Waals surface area contributed by atoms with Crippen molar-refractivity contribution in [1.29, 1.82) is 0 Å². The van der Waals surface area contributed by atoms with Crippen LogP contribution >= 0.6 is 0 Å². The average Bonchev–Trinajstić information content (AvgIpc) is 4.04. The van der Waals surface area contributed by atoms with Crippen LogP contribution in [0.2, 0.25) is 0 Å². The van der Waals surface area contributed by atoms with Crippen LogP contribution < -0.4 is 0 Å². The number of fused-ring (bicyclic) bond motifs is 3. The Kier molecular flexibility index (Phi) is 14.4. The molecule has 1 aliphatic rings. The van der Waals surface area contributed by atoms with Gasteiger partial charge in [0.15, 0.2) is 0 Å². The molecule has 0 aliphatic heterocycles. The molecule has 0 nitrogen and oxygen atoms in total. The Morgan fingerprint density at radius 1 is 0.431 bits per heavy atom. The predicted octanol–water partition coefficient (Wildman–Crippen LogP) is 17.1. The fraction of sp³-hybridized carbons (Fsp3) is 0.141. The first-order valence-corrected chi connectivity index (χ1v) is 25.6. The molecule has 0 radical (unpaired) electrons. The maximum absolute atomic E-state index is 2.99. The summed E-state index contributed by atoms with van der Waals surface area (Å²) in [6.07, 6.45) is 10.0. The van der Waals surface area contributed by atoms with Crippen LogP contribution in [0.15, 0.2) is 218 Å². The molecular formula is C64H58Zr-2. The molecule has 0 unspecified atom stereocenters.